The Balaban J connectivity index is 1.59. The second kappa shape index (κ2) is 7.64. The number of halogens is 1. The third kappa shape index (κ3) is 3.73. The quantitative estimate of drug-likeness (QED) is 0.587. The van der Waals surface area contributed by atoms with Gasteiger partial charge in [0.15, 0.2) is 0 Å². The van der Waals surface area contributed by atoms with Crippen molar-refractivity contribution in [2.24, 2.45) is 4.99 Å². The Morgan fingerprint density at radius 3 is 2.89 bits per heavy atom. The van der Waals surface area contributed by atoms with E-state index in [0.717, 1.165) is 40.4 Å². The number of benzene rings is 2. The highest BCUT2D eigenvalue weighted by Gasteiger charge is 2.30. The number of aromatic nitrogens is 2. The number of aromatic amines is 1. The van der Waals surface area contributed by atoms with Crippen molar-refractivity contribution >= 4 is 28.7 Å². The summed E-state index contributed by atoms with van der Waals surface area (Å²) >= 11 is 1.66. The van der Waals surface area contributed by atoms with Crippen LogP contribution < -0.4 is 5.32 Å². The fraction of sp³-hybridized carbons (Fsp3) is 0.182. The van der Waals surface area contributed by atoms with Crippen LogP contribution in [-0.2, 0) is 5.54 Å². The van der Waals surface area contributed by atoms with Gasteiger partial charge in [-0.1, -0.05) is 24.8 Å². The molecule has 0 spiro atoms. The zero-order valence-corrected chi connectivity index (χ0v) is 16.4. The van der Waals surface area contributed by atoms with Gasteiger partial charge in [0.05, 0.1) is 16.8 Å². The van der Waals surface area contributed by atoms with Gasteiger partial charge < -0.3 is 5.32 Å². The van der Waals surface area contributed by atoms with Crippen molar-refractivity contribution in [2.75, 3.05) is 11.1 Å². The van der Waals surface area contributed by atoms with E-state index < -0.39 is 5.54 Å². The van der Waals surface area contributed by atoms with Crippen LogP contribution in [0, 0.1) is 5.82 Å². The van der Waals surface area contributed by atoms with Gasteiger partial charge in [-0.25, -0.2) is 4.39 Å². The third-order valence-corrected chi connectivity index (χ3v) is 5.68. The molecule has 0 bridgehead atoms. The number of hydrogen-bond donors (Lipinski definition) is 2. The van der Waals surface area contributed by atoms with E-state index in [2.05, 4.69) is 27.1 Å². The minimum atomic E-state index is -0.533. The fourth-order valence-corrected chi connectivity index (χ4v) is 4.21. The number of nitrogens with zero attached hydrogens (tertiary/aromatic N) is 2. The Kier molecular flexibility index (Phi) is 5.05. The molecule has 0 saturated heterocycles. The Hall–Kier alpha value is -2.86. The van der Waals surface area contributed by atoms with E-state index in [0.29, 0.717) is 5.56 Å². The van der Waals surface area contributed by atoms with E-state index in [1.807, 2.05) is 48.9 Å². The highest BCUT2D eigenvalue weighted by molar-refractivity contribution is 8.12. The number of hydrogen-bond acceptors (Lipinski definition) is 4. The molecule has 2 N–H and O–H groups in total. The Morgan fingerprint density at radius 1 is 1.25 bits per heavy atom. The van der Waals surface area contributed by atoms with Crippen LogP contribution in [0.25, 0.3) is 17.0 Å². The molecule has 0 saturated carbocycles. The van der Waals surface area contributed by atoms with E-state index >= 15 is 0 Å². The molecule has 3 aromatic rings. The summed E-state index contributed by atoms with van der Waals surface area (Å²) in [5.41, 5.74) is 6.36. The maximum atomic E-state index is 14.5. The van der Waals surface area contributed by atoms with Gasteiger partial charge in [-0.3, -0.25) is 10.1 Å². The van der Waals surface area contributed by atoms with Crippen molar-refractivity contribution in [2.45, 2.75) is 18.9 Å². The first-order valence-electron chi connectivity index (χ1n) is 9.07. The highest BCUT2D eigenvalue weighted by Crippen LogP contribution is 2.37. The molecule has 0 amide bonds. The molecule has 0 radical (unpaired) electrons. The summed E-state index contributed by atoms with van der Waals surface area (Å²) in [5, 5.41) is 10.3. The van der Waals surface area contributed by atoms with Crippen LogP contribution >= 0.6 is 11.8 Å². The van der Waals surface area contributed by atoms with Crippen LogP contribution in [0.3, 0.4) is 0 Å². The van der Waals surface area contributed by atoms with Gasteiger partial charge in [0.1, 0.15) is 5.82 Å². The van der Waals surface area contributed by atoms with Crippen LogP contribution in [0.1, 0.15) is 24.5 Å². The average molecular weight is 393 g/mol. The van der Waals surface area contributed by atoms with E-state index in [4.69, 9.17) is 0 Å². The molecule has 28 heavy (non-hydrogen) atoms. The zero-order chi connectivity index (χ0) is 19.6. The summed E-state index contributed by atoms with van der Waals surface area (Å²) in [6.07, 6.45) is 2.53. The van der Waals surface area contributed by atoms with Gasteiger partial charge in [0, 0.05) is 34.5 Å². The summed E-state index contributed by atoms with van der Waals surface area (Å²) < 4.78 is 14.5. The molecule has 6 heteroatoms. The van der Waals surface area contributed by atoms with Gasteiger partial charge in [-0.15, -0.1) is 11.8 Å². The number of H-pyrrole nitrogens is 1. The first-order chi connectivity index (χ1) is 13.5. The van der Waals surface area contributed by atoms with E-state index in [-0.39, 0.29) is 5.82 Å². The lowest BCUT2D eigenvalue weighted by molar-refractivity contribution is 0.452. The Labute approximate surface area is 168 Å². The molecule has 4 rings (SSSR count). The summed E-state index contributed by atoms with van der Waals surface area (Å²) in [5.74, 6) is 0.702. The van der Waals surface area contributed by atoms with Gasteiger partial charge in [-0.2, -0.15) is 5.10 Å². The van der Waals surface area contributed by atoms with Gasteiger partial charge >= 0.3 is 0 Å². The standard InChI is InChI=1S/C22H21FN4S/c1-15(16-4-3-5-17(12-16)21-8-10-25-27-21)26-18-6-7-20(23)19(13-18)22(2)9-11-28-14-24-22/h3-8,10,12-14,26H,1,9,11H2,2H3,(H,25,27). The van der Waals surface area contributed by atoms with E-state index in [1.54, 1.807) is 24.0 Å². The molecule has 2 aromatic carbocycles. The van der Waals surface area contributed by atoms with Crippen molar-refractivity contribution < 1.29 is 4.39 Å². The normalized spacial score (nSPS) is 18.8. The van der Waals surface area contributed by atoms with Crippen molar-refractivity contribution in [3.8, 4) is 11.3 Å². The fourth-order valence-electron chi connectivity index (χ4n) is 3.29. The summed E-state index contributed by atoms with van der Waals surface area (Å²) in [6.45, 7) is 6.14. The molecule has 1 aliphatic heterocycles. The predicted molar refractivity (Wildman–Crippen MR) is 116 cm³/mol. The SMILES string of the molecule is C=C(Nc1ccc(F)c(C2(C)CCSC=N2)c1)c1cccc(-c2ccn[nH]2)c1. The lowest BCUT2D eigenvalue weighted by Gasteiger charge is -2.29. The summed E-state index contributed by atoms with van der Waals surface area (Å²) in [4.78, 5) is 4.55. The minimum Gasteiger partial charge on any atom is -0.356 e. The molecule has 1 unspecified atom stereocenters. The van der Waals surface area contributed by atoms with Crippen molar-refractivity contribution in [3.05, 3.63) is 78.3 Å². The molecule has 142 valence electrons. The lowest BCUT2D eigenvalue weighted by atomic mass is 9.89. The van der Waals surface area contributed by atoms with Gasteiger partial charge in [0.25, 0.3) is 0 Å². The zero-order valence-electron chi connectivity index (χ0n) is 15.6. The lowest BCUT2D eigenvalue weighted by Crippen LogP contribution is -2.24. The third-order valence-electron chi connectivity index (χ3n) is 4.98. The number of thioether (sulfide) groups is 1. The maximum Gasteiger partial charge on any atom is 0.128 e. The molecule has 4 nitrogen and oxygen atoms in total. The highest BCUT2D eigenvalue weighted by atomic mass is 32.2. The minimum absolute atomic E-state index is 0.232. The number of aliphatic imine (C=N–C) groups is 1. The topological polar surface area (TPSA) is 53.1 Å². The van der Waals surface area contributed by atoms with Crippen LogP contribution in [0.15, 0.2) is 66.3 Å². The van der Waals surface area contributed by atoms with Crippen molar-refractivity contribution in [3.63, 3.8) is 0 Å². The summed E-state index contributed by atoms with van der Waals surface area (Å²) in [6, 6.07) is 15.0. The number of rotatable bonds is 5. The molecule has 0 fully saturated rings. The average Bonchev–Trinajstić information content (AvgIpc) is 3.25. The first kappa shape index (κ1) is 18.5. The summed E-state index contributed by atoms with van der Waals surface area (Å²) in [7, 11) is 0. The molecular formula is C22H21FN4S. The molecule has 1 aromatic heterocycles. The molecular weight excluding hydrogens is 371 g/mol. The van der Waals surface area contributed by atoms with E-state index in [9.17, 15) is 4.39 Å². The molecule has 1 atom stereocenters. The monoisotopic (exact) mass is 392 g/mol. The molecule has 2 heterocycles. The van der Waals surface area contributed by atoms with Crippen molar-refractivity contribution in [1.82, 2.24) is 10.2 Å². The predicted octanol–water partition coefficient (Wildman–Crippen LogP) is 5.68. The number of nitrogens with one attached hydrogen (secondary N) is 2. The Morgan fingerprint density at radius 2 is 2.14 bits per heavy atom. The van der Waals surface area contributed by atoms with E-state index in [1.165, 1.54) is 6.07 Å². The van der Waals surface area contributed by atoms with Gasteiger partial charge in [0.2, 0.25) is 0 Å². The van der Waals surface area contributed by atoms with Crippen LogP contribution in [0.5, 0.6) is 0 Å². The second-order valence-corrected chi connectivity index (χ2v) is 7.93. The Bertz CT molecular complexity index is 1030. The maximum absolute atomic E-state index is 14.5. The smallest absolute Gasteiger partial charge is 0.128 e. The van der Waals surface area contributed by atoms with Crippen LogP contribution in [0.4, 0.5) is 10.1 Å². The largest absolute Gasteiger partial charge is 0.356 e. The molecule has 0 aliphatic carbocycles. The van der Waals surface area contributed by atoms with Gasteiger partial charge in [-0.05, 0) is 49.2 Å². The first-order valence-corrected chi connectivity index (χ1v) is 10.1. The second-order valence-electron chi connectivity index (χ2n) is 6.98. The van der Waals surface area contributed by atoms with Crippen LogP contribution in [-0.4, -0.2) is 21.5 Å². The van der Waals surface area contributed by atoms with Crippen molar-refractivity contribution in [1.29, 1.82) is 0 Å². The number of anilines is 1. The van der Waals surface area contributed by atoms with Crippen LogP contribution in [0.2, 0.25) is 0 Å². The molecule has 1 aliphatic rings.